The normalized spacial score (nSPS) is 10.0. The Morgan fingerprint density at radius 3 is 2.22 bits per heavy atom. The van der Waals surface area contributed by atoms with E-state index in [1.54, 1.807) is 0 Å². The molecule has 0 aromatic heterocycles. The SMILES string of the molecule is NC(=O)NSCc1ccc(-c2ccccc2)cc1. The third-order valence-corrected chi connectivity index (χ3v) is 3.30. The van der Waals surface area contributed by atoms with Gasteiger partial charge in [0.25, 0.3) is 0 Å². The number of carbonyl (C=O) groups is 1. The van der Waals surface area contributed by atoms with Crippen molar-refractivity contribution in [3.63, 3.8) is 0 Å². The first-order chi connectivity index (χ1) is 8.75. The maximum Gasteiger partial charge on any atom is 0.322 e. The number of urea groups is 1. The molecular weight excluding hydrogens is 244 g/mol. The van der Waals surface area contributed by atoms with Gasteiger partial charge in [-0.15, -0.1) is 0 Å². The van der Waals surface area contributed by atoms with Crippen LogP contribution in [0.3, 0.4) is 0 Å². The molecular formula is C14H14N2OS. The lowest BCUT2D eigenvalue weighted by Gasteiger charge is -2.04. The zero-order valence-electron chi connectivity index (χ0n) is 9.80. The molecule has 2 aromatic rings. The van der Waals surface area contributed by atoms with Crippen LogP contribution in [0.5, 0.6) is 0 Å². The van der Waals surface area contributed by atoms with Crippen molar-refractivity contribution in [2.24, 2.45) is 5.73 Å². The average Bonchev–Trinajstić information content (AvgIpc) is 2.40. The van der Waals surface area contributed by atoms with Crippen molar-refractivity contribution in [2.45, 2.75) is 5.75 Å². The van der Waals surface area contributed by atoms with Crippen LogP contribution in [0, 0.1) is 0 Å². The quantitative estimate of drug-likeness (QED) is 0.828. The second-order valence-corrected chi connectivity index (χ2v) is 4.60. The van der Waals surface area contributed by atoms with E-state index in [-0.39, 0.29) is 0 Å². The summed E-state index contributed by atoms with van der Waals surface area (Å²) in [4.78, 5) is 10.5. The Bertz CT molecular complexity index is 511. The van der Waals surface area contributed by atoms with E-state index in [1.165, 1.54) is 23.1 Å². The largest absolute Gasteiger partial charge is 0.351 e. The highest BCUT2D eigenvalue weighted by Crippen LogP contribution is 2.20. The Kier molecular flexibility index (Phi) is 4.25. The summed E-state index contributed by atoms with van der Waals surface area (Å²) in [6, 6.07) is 18.0. The third-order valence-electron chi connectivity index (χ3n) is 2.47. The number of nitrogens with one attached hydrogen (secondary N) is 1. The Balaban J connectivity index is 2.00. The van der Waals surface area contributed by atoms with E-state index in [0.717, 1.165) is 5.56 Å². The van der Waals surface area contributed by atoms with E-state index in [9.17, 15) is 4.79 Å². The highest BCUT2D eigenvalue weighted by molar-refractivity contribution is 7.97. The van der Waals surface area contributed by atoms with Crippen molar-refractivity contribution in [3.8, 4) is 11.1 Å². The van der Waals surface area contributed by atoms with Gasteiger partial charge in [-0.05, 0) is 28.6 Å². The molecule has 0 saturated heterocycles. The van der Waals surface area contributed by atoms with Crippen molar-refractivity contribution >= 4 is 18.0 Å². The molecule has 0 saturated carbocycles. The Morgan fingerprint density at radius 1 is 1.00 bits per heavy atom. The predicted molar refractivity (Wildman–Crippen MR) is 75.9 cm³/mol. The topological polar surface area (TPSA) is 55.1 Å². The third kappa shape index (κ3) is 3.53. The average molecular weight is 258 g/mol. The van der Waals surface area contributed by atoms with Gasteiger partial charge < -0.3 is 5.73 Å². The molecule has 0 bridgehead atoms. The van der Waals surface area contributed by atoms with Crippen molar-refractivity contribution in [2.75, 3.05) is 0 Å². The predicted octanol–water partition coefficient (Wildman–Crippen LogP) is 3.17. The molecule has 0 spiro atoms. The van der Waals surface area contributed by atoms with Crippen molar-refractivity contribution in [1.82, 2.24) is 4.72 Å². The molecule has 2 amide bonds. The van der Waals surface area contributed by atoms with Crippen LogP contribution in [-0.4, -0.2) is 6.03 Å². The van der Waals surface area contributed by atoms with Gasteiger partial charge >= 0.3 is 6.03 Å². The van der Waals surface area contributed by atoms with Crippen LogP contribution >= 0.6 is 11.9 Å². The number of benzene rings is 2. The number of hydrogen-bond donors (Lipinski definition) is 2. The molecule has 0 aliphatic rings. The smallest absolute Gasteiger partial charge is 0.322 e. The molecule has 18 heavy (non-hydrogen) atoms. The maximum absolute atomic E-state index is 10.5. The number of amides is 2. The van der Waals surface area contributed by atoms with Gasteiger partial charge in [-0.3, -0.25) is 4.72 Å². The highest BCUT2D eigenvalue weighted by Gasteiger charge is 1.98. The molecule has 0 atom stereocenters. The van der Waals surface area contributed by atoms with Gasteiger partial charge in [0.2, 0.25) is 0 Å². The van der Waals surface area contributed by atoms with Crippen molar-refractivity contribution < 1.29 is 4.79 Å². The summed E-state index contributed by atoms with van der Waals surface area (Å²) in [6.07, 6.45) is 0. The number of nitrogens with two attached hydrogens (primary N) is 1. The molecule has 0 aliphatic carbocycles. The van der Waals surface area contributed by atoms with Crippen LogP contribution in [0.25, 0.3) is 11.1 Å². The lowest BCUT2D eigenvalue weighted by atomic mass is 10.0. The first-order valence-corrected chi connectivity index (χ1v) is 6.56. The van der Waals surface area contributed by atoms with Gasteiger partial charge in [-0.2, -0.15) is 0 Å². The zero-order valence-corrected chi connectivity index (χ0v) is 10.6. The molecule has 2 aromatic carbocycles. The lowest BCUT2D eigenvalue weighted by Crippen LogP contribution is -2.22. The minimum Gasteiger partial charge on any atom is -0.351 e. The zero-order chi connectivity index (χ0) is 12.8. The molecule has 2 rings (SSSR count). The molecule has 0 unspecified atom stereocenters. The van der Waals surface area contributed by atoms with Gasteiger partial charge in [0.15, 0.2) is 0 Å². The monoisotopic (exact) mass is 258 g/mol. The van der Waals surface area contributed by atoms with Crippen LogP contribution in [0.4, 0.5) is 4.79 Å². The number of rotatable bonds is 4. The van der Waals surface area contributed by atoms with Crippen LogP contribution in [0.15, 0.2) is 54.6 Å². The van der Waals surface area contributed by atoms with Crippen LogP contribution in [-0.2, 0) is 5.75 Å². The van der Waals surface area contributed by atoms with Crippen molar-refractivity contribution in [3.05, 3.63) is 60.2 Å². The molecule has 4 heteroatoms. The summed E-state index contributed by atoms with van der Waals surface area (Å²) in [5.74, 6) is 0.706. The molecule has 92 valence electrons. The highest BCUT2D eigenvalue weighted by atomic mass is 32.2. The second-order valence-electron chi connectivity index (χ2n) is 3.82. The number of carbonyl (C=O) groups excluding carboxylic acids is 1. The molecule has 3 N–H and O–H groups in total. The van der Waals surface area contributed by atoms with Crippen LogP contribution in [0.2, 0.25) is 0 Å². The molecule has 0 aliphatic heterocycles. The molecule has 0 radical (unpaired) electrons. The lowest BCUT2D eigenvalue weighted by molar-refractivity contribution is 0.254. The van der Waals surface area contributed by atoms with Gasteiger partial charge in [-0.25, -0.2) is 4.79 Å². The minimum atomic E-state index is -0.513. The fraction of sp³-hybridized carbons (Fsp3) is 0.0714. The van der Waals surface area contributed by atoms with Gasteiger partial charge in [0.05, 0.1) is 0 Å². The second kappa shape index (κ2) is 6.12. The summed E-state index contributed by atoms with van der Waals surface area (Å²) in [7, 11) is 0. The van der Waals surface area contributed by atoms with E-state index in [4.69, 9.17) is 5.73 Å². The van der Waals surface area contributed by atoms with Gasteiger partial charge in [-0.1, -0.05) is 54.6 Å². The minimum absolute atomic E-state index is 0.513. The molecule has 0 heterocycles. The molecule has 3 nitrogen and oxygen atoms in total. The van der Waals surface area contributed by atoms with Gasteiger partial charge in [0, 0.05) is 5.75 Å². The first-order valence-electron chi connectivity index (χ1n) is 5.57. The summed E-state index contributed by atoms with van der Waals surface area (Å²) in [5, 5.41) is 0. The maximum atomic E-state index is 10.5. The summed E-state index contributed by atoms with van der Waals surface area (Å²) in [5.41, 5.74) is 8.52. The number of primary amides is 1. The Hall–Kier alpha value is -1.94. The molecule has 0 fully saturated rings. The summed E-state index contributed by atoms with van der Waals surface area (Å²) < 4.78 is 2.50. The van der Waals surface area contributed by atoms with Crippen LogP contribution in [0.1, 0.15) is 5.56 Å². The van der Waals surface area contributed by atoms with E-state index < -0.39 is 6.03 Å². The van der Waals surface area contributed by atoms with Crippen LogP contribution < -0.4 is 10.5 Å². The van der Waals surface area contributed by atoms with E-state index in [0.29, 0.717) is 5.75 Å². The first kappa shape index (κ1) is 12.5. The van der Waals surface area contributed by atoms with Gasteiger partial charge in [0.1, 0.15) is 0 Å². The number of hydrogen-bond acceptors (Lipinski definition) is 2. The summed E-state index contributed by atoms with van der Waals surface area (Å²) in [6.45, 7) is 0. The standard InChI is InChI=1S/C14H14N2OS/c15-14(17)16-18-10-11-6-8-13(9-7-11)12-4-2-1-3-5-12/h1-9H,10H2,(H3,15,16,17). The van der Waals surface area contributed by atoms with E-state index in [1.807, 2.05) is 18.2 Å². The van der Waals surface area contributed by atoms with Crippen molar-refractivity contribution in [1.29, 1.82) is 0 Å². The van der Waals surface area contributed by atoms with E-state index in [2.05, 4.69) is 41.1 Å². The van der Waals surface area contributed by atoms with E-state index >= 15 is 0 Å². The fourth-order valence-electron chi connectivity index (χ4n) is 1.61. The Labute approximate surface area is 111 Å². The Morgan fingerprint density at radius 2 is 1.61 bits per heavy atom. The summed E-state index contributed by atoms with van der Waals surface area (Å²) >= 11 is 1.29. The fourth-order valence-corrected chi connectivity index (χ4v) is 2.19.